The van der Waals surface area contributed by atoms with Crippen LogP contribution < -0.4 is 0 Å². The summed E-state index contributed by atoms with van der Waals surface area (Å²) in [5.41, 5.74) is 37.2. The van der Waals surface area contributed by atoms with E-state index in [9.17, 15) is 0 Å². The minimum atomic E-state index is -1.85. The Balaban J connectivity index is -0.0000000398. The molecule has 492 valence electrons. The maximum atomic E-state index is 8.30. The molecule has 0 aliphatic rings. The van der Waals surface area contributed by atoms with Crippen LogP contribution in [-0.4, -0.2) is 258 Å². The smallest absolute Gasteiger partial charge is 0.0241 e. The zero-order chi connectivity index (χ0) is 61.4. The summed E-state index contributed by atoms with van der Waals surface area (Å²) in [6, 6.07) is 0. The van der Waals surface area contributed by atoms with Crippen molar-refractivity contribution in [3.8, 4) is 0 Å². The third kappa shape index (κ3) is 414. The van der Waals surface area contributed by atoms with Gasteiger partial charge in [-0.2, -0.15) is 39.3 Å². The molecule has 24 nitrogen and oxygen atoms in total. The number of aliphatic hydroxyl groups excluding tert-OH is 12. The fourth-order valence-corrected chi connectivity index (χ4v) is 1.52. The molecule has 0 heterocycles. The van der Waals surface area contributed by atoms with Crippen LogP contribution in [0.4, 0.5) is 0 Å². The van der Waals surface area contributed by atoms with Crippen LogP contribution in [-0.2, 0) is 94.3 Å². The minimum absolute atomic E-state index is 0.0139. The van der Waals surface area contributed by atoms with Crippen LogP contribution in [0.15, 0.2) is 0 Å². The Labute approximate surface area is 543 Å². The molecule has 0 fully saturated rings. The van der Waals surface area contributed by atoms with Crippen molar-refractivity contribution in [2.45, 2.75) is 0 Å². The fraction of sp³-hybridized carbons (Fsp3) is 1.00. The molecule has 0 saturated carbocycles. The van der Waals surface area contributed by atoms with Gasteiger partial charge in [-0.25, -0.2) is 0 Å². The Bertz CT molecular complexity index is 537. The first-order valence-corrected chi connectivity index (χ1v) is 58.3. The summed E-state index contributed by atoms with van der Waals surface area (Å²) in [5.74, 6) is 0. The molecule has 0 aliphatic carbocycles. The molecule has 0 atom stereocenters. The van der Waals surface area contributed by atoms with E-state index in [4.69, 9.17) is 228 Å². The number of rotatable bonds is 27. The third-order valence-electron chi connectivity index (χ3n) is 3.47. The summed E-state index contributed by atoms with van der Waals surface area (Å²) >= 11 is -5.59. The average molecular weight is 2470 g/mol. The van der Waals surface area contributed by atoms with Crippen molar-refractivity contribution >= 4 is 132 Å². The molecule has 0 spiro atoms. The number of nitrogens with zero attached hydrogens (tertiary/aromatic N) is 6. The Kier molecular flexibility index (Phi) is 286. The van der Waals surface area contributed by atoms with Crippen molar-refractivity contribution in [3.05, 3.63) is 66.3 Å². The predicted octanol–water partition coefficient (Wildman–Crippen LogP) is 8.98. The molecular formula is C30H78Cl14N12O12Pt6-4. The molecular weight excluding hydrogens is 2390 g/mol. The fourth-order valence-electron chi connectivity index (χ4n) is 1.52. The van der Waals surface area contributed by atoms with Crippen molar-refractivity contribution in [1.82, 2.24) is 0 Å². The van der Waals surface area contributed by atoms with Gasteiger partial charge < -0.3 is 128 Å². The summed E-state index contributed by atoms with van der Waals surface area (Å²) in [6.45, 7) is 8.22. The summed E-state index contributed by atoms with van der Waals surface area (Å²) in [4.78, 5) is 0. The van der Waals surface area contributed by atoms with Gasteiger partial charge in [0.15, 0.2) is 0 Å². The molecule has 0 aromatic heterocycles. The molecule has 0 amide bonds. The third-order valence-corrected chi connectivity index (χ3v) is 3.47. The Hall–Kier alpha value is 7.23. The van der Waals surface area contributed by atoms with E-state index in [0.29, 0.717) is 78.5 Å². The zero-order valence-electron chi connectivity index (χ0n) is 39.5. The van der Waals surface area contributed by atoms with Gasteiger partial charge in [0.2, 0.25) is 0 Å². The van der Waals surface area contributed by atoms with Crippen molar-refractivity contribution < 1.29 is 156 Å². The van der Waals surface area contributed by atoms with Crippen LogP contribution in [0.1, 0.15) is 0 Å². The quantitative estimate of drug-likeness (QED) is 0.0343. The van der Waals surface area contributed by atoms with E-state index in [1.54, 1.807) is 0 Å². The number of hydrogen-bond donors (Lipinski definition) is 12. The first kappa shape index (κ1) is 119. The number of halogens is 14. The minimum Gasteiger partial charge on any atom is -0.676 e. The number of hydrogen-bond acceptors (Lipinski definition) is 12. The van der Waals surface area contributed by atoms with Crippen LogP contribution >= 0.6 is 132 Å². The van der Waals surface area contributed by atoms with Gasteiger partial charge in [0.25, 0.3) is 0 Å². The normalized spacial score (nSPS) is 8.97. The second-order valence-corrected chi connectivity index (χ2v) is 41.5. The van der Waals surface area contributed by atoms with E-state index in [1.807, 2.05) is 0 Å². The van der Waals surface area contributed by atoms with Crippen molar-refractivity contribution in [3.63, 3.8) is 0 Å². The van der Waals surface area contributed by atoms with E-state index in [2.05, 4.69) is 31.9 Å². The Morgan fingerprint density at radius 2 is 0.297 bits per heavy atom. The van der Waals surface area contributed by atoms with Crippen LogP contribution in [0, 0.1) is 0 Å². The Morgan fingerprint density at radius 3 is 0.338 bits per heavy atom. The second-order valence-electron chi connectivity index (χ2n) is 8.66. The van der Waals surface area contributed by atoms with E-state index >= 15 is 0 Å². The second kappa shape index (κ2) is 178. The first-order chi connectivity index (χ1) is 35.3. The standard InChI is InChI=1S/3C6H14N2O2.6C2H6NO.14ClH.6Pt/c3*9-5-3-7-1-2-8-4-6-10;6*3-1-2-4;;;;;;;;;;;;;;;;;;;;/h3*9-10H,1-6H2;6*3-4H,1-2H2;14*1H;;;;;;/q3*-2;6*-1;;;;;;;;;;;;;;;2*+3;4*+4/p-14. The van der Waals surface area contributed by atoms with Gasteiger partial charge in [-0.15, -0.1) is 78.5 Å². The summed E-state index contributed by atoms with van der Waals surface area (Å²) in [7, 11) is 68.8. The molecule has 0 saturated heterocycles. The molecule has 0 aliphatic heterocycles. The molecule has 0 bridgehead atoms. The van der Waals surface area contributed by atoms with Crippen LogP contribution in [0.2, 0.25) is 0 Å². The van der Waals surface area contributed by atoms with E-state index in [-0.39, 0.29) is 119 Å². The number of nitrogens with one attached hydrogen (secondary N) is 6. The van der Waals surface area contributed by atoms with Crippen molar-refractivity contribution in [1.29, 1.82) is 0 Å². The SMILES string of the molecule is OCC[N-]CC[N-]CCO.OCC[N-]CC[N-]CCO.OCC[N-]CC[N-]CCO.[Cl][Pt+2][Cl].[Cl][Pt+2][Cl].[Cl][Pt+2][Cl].[Cl][Pt+2][Cl].[Cl][Pt]([Cl])[Cl].[Cl][Pt]([Cl])[Cl].[NH-]CCO.[NH-]CCO.[NH-]CCO.[NH-]CCO.[NH-]CCO.[NH-]CCO. The molecule has 74 heavy (non-hydrogen) atoms. The molecule has 0 rings (SSSR count). The molecule has 18 N–H and O–H groups in total. The Morgan fingerprint density at radius 1 is 0.230 bits per heavy atom. The summed E-state index contributed by atoms with van der Waals surface area (Å²) in [6.07, 6.45) is 0. The van der Waals surface area contributed by atoms with Gasteiger partial charge in [-0.05, 0) is 0 Å². The van der Waals surface area contributed by atoms with Crippen molar-refractivity contribution in [2.24, 2.45) is 0 Å². The van der Waals surface area contributed by atoms with Crippen LogP contribution in [0.5, 0.6) is 0 Å². The van der Waals surface area contributed by atoms with E-state index in [1.165, 1.54) is 0 Å². The molecule has 0 unspecified atom stereocenters. The summed E-state index contributed by atoms with van der Waals surface area (Å²) in [5, 5.41) is 120. The molecule has 0 radical (unpaired) electrons. The van der Waals surface area contributed by atoms with Crippen molar-refractivity contribution in [2.75, 3.05) is 197 Å². The van der Waals surface area contributed by atoms with Gasteiger partial charge in [0, 0.05) is 79.3 Å². The number of aliphatic hydroxyl groups is 12. The van der Waals surface area contributed by atoms with Crippen LogP contribution in [0.3, 0.4) is 0 Å². The average Bonchev–Trinajstić information content (AvgIpc) is 3.38. The van der Waals surface area contributed by atoms with Gasteiger partial charge in [0.05, 0.1) is 0 Å². The topological polar surface area (TPSA) is 470 Å². The van der Waals surface area contributed by atoms with Crippen LogP contribution in [0.25, 0.3) is 66.3 Å². The maximum absolute atomic E-state index is 8.30. The monoisotopic (exact) mass is 2460 g/mol. The zero-order valence-corrected chi connectivity index (χ0v) is 63.7. The van der Waals surface area contributed by atoms with Gasteiger partial charge >= 0.3 is 226 Å². The maximum Gasteiger partial charge on any atom is 0.0241 e. The van der Waals surface area contributed by atoms with Gasteiger partial charge in [0.1, 0.15) is 0 Å². The van der Waals surface area contributed by atoms with E-state index in [0.717, 1.165) is 0 Å². The molecule has 0 aromatic carbocycles. The van der Waals surface area contributed by atoms with Gasteiger partial charge in [-0.1, -0.05) is 0 Å². The predicted molar refractivity (Wildman–Crippen MR) is 301 cm³/mol. The first-order valence-electron chi connectivity index (χ1n) is 18.9. The van der Waals surface area contributed by atoms with E-state index < -0.39 is 94.3 Å². The summed E-state index contributed by atoms with van der Waals surface area (Å²) < 4.78 is 0. The molecule has 44 heteroatoms. The molecule has 0 aromatic rings. The van der Waals surface area contributed by atoms with Gasteiger partial charge in [-0.3, -0.25) is 0 Å². The largest absolute Gasteiger partial charge is 0.676 e.